The van der Waals surface area contributed by atoms with Crippen LogP contribution in [0.3, 0.4) is 0 Å². The third kappa shape index (κ3) is 3.52. The molecule has 6 rings (SSSR count). The number of ether oxygens (including phenoxy) is 2. The molecule has 4 aromatic rings. The molecule has 0 bridgehead atoms. The maximum Gasteiger partial charge on any atom is 0.294 e. The van der Waals surface area contributed by atoms with Crippen molar-refractivity contribution in [1.82, 2.24) is 9.97 Å². The lowest BCUT2D eigenvalue weighted by molar-refractivity contribution is -0.117. The highest BCUT2D eigenvalue weighted by atomic mass is 32.1. The van der Waals surface area contributed by atoms with Gasteiger partial charge in [0.1, 0.15) is 5.01 Å². The summed E-state index contributed by atoms with van der Waals surface area (Å²) in [4.78, 5) is 37.8. The van der Waals surface area contributed by atoms with E-state index < -0.39 is 23.5 Å². The second-order valence-corrected chi connectivity index (χ2v) is 9.29. The molecule has 1 amide bonds. The second kappa shape index (κ2) is 8.62. The van der Waals surface area contributed by atoms with Crippen LogP contribution in [0.4, 0.5) is 5.69 Å². The molecule has 36 heavy (non-hydrogen) atoms. The molecule has 0 aliphatic carbocycles. The van der Waals surface area contributed by atoms with Gasteiger partial charge in [0, 0.05) is 29.7 Å². The zero-order valence-electron chi connectivity index (χ0n) is 19.0. The summed E-state index contributed by atoms with van der Waals surface area (Å²) in [5.74, 6) is -0.659. The number of aryl methyl sites for hydroxylation is 1. The van der Waals surface area contributed by atoms with Gasteiger partial charge < -0.3 is 14.6 Å². The van der Waals surface area contributed by atoms with Crippen molar-refractivity contribution < 1.29 is 24.2 Å². The third-order valence-corrected chi connectivity index (χ3v) is 7.34. The van der Waals surface area contributed by atoms with Crippen molar-refractivity contribution in [2.24, 2.45) is 0 Å². The van der Waals surface area contributed by atoms with Gasteiger partial charge in [-0.25, -0.2) is 4.98 Å². The fraction of sp³-hybridized carbons (Fsp3) is 0.111. The molecule has 2 aromatic heterocycles. The lowest BCUT2D eigenvalue weighted by Crippen LogP contribution is -2.31. The minimum absolute atomic E-state index is 0.00442. The Bertz CT molecular complexity index is 1530. The van der Waals surface area contributed by atoms with E-state index in [1.165, 1.54) is 16.2 Å². The first kappa shape index (κ1) is 22.0. The lowest BCUT2D eigenvalue weighted by atomic mass is 9.95. The molecule has 9 heteroatoms. The SMILES string of the molecule is Cc1nc(-c2ccccc2)sc1C(=O)C1=C(O)C(=O)N(c2ccc3c(c2)OCO3)C1c1ccncc1. The molecule has 0 radical (unpaired) electrons. The molecule has 1 unspecified atom stereocenters. The number of ketones is 1. The van der Waals surface area contributed by atoms with Crippen LogP contribution in [0, 0.1) is 6.92 Å². The van der Waals surface area contributed by atoms with Gasteiger partial charge in [0.15, 0.2) is 17.3 Å². The van der Waals surface area contributed by atoms with Crippen molar-refractivity contribution in [1.29, 1.82) is 0 Å². The predicted molar refractivity (Wildman–Crippen MR) is 133 cm³/mol. The van der Waals surface area contributed by atoms with Gasteiger partial charge in [0.25, 0.3) is 5.91 Å². The number of Topliss-reactive ketones (excluding diaryl/α,β-unsaturated/α-hetero) is 1. The molecule has 2 aromatic carbocycles. The summed E-state index contributed by atoms with van der Waals surface area (Å²) in [6.07, 6.45) is 3.17. The molecule has 1 N–H and O–H groups in total. The summed E-state index contributed by atoms with van der Waals surface area (Å²) in [5, 5.41) is 11.7. The summed E-state index contributed by atoms with van der Waals surface area (Å²) in [6, 6.07) is 17.2. The van der Waals surface area contributed by atoms with Crippen LogP contribution >= 0.6 is 11.3 Å². The number of carbonyl (C=O) groups excluding carboxylic acids is 2. The first-order valence-electron chi connectivity index (χ1n) is 11.2. The van der Waals surface area contributed by atoms with Crippen molar-refractivity contribution in [3.63, 3.8) is 0 Å². The number of hydrogen-bond acceptors (Lipinski definition) is 8. The van der Waals surface area contributed by atoms with Crippen molar-refractivity contribution in [2.45, 2.75) is 13.0 Å². The van der Waals surface area contributed by atoms with Crippen LogP contribution in [0.25, 0.3) is 10.6 Å². The van der Waals surface area contributed by atoms with Gasteiger partial charge >= 0.3 is 0 Å². The first-order chi connectivity index (χ1) is 17.5. The maximum absolute atomic E-state index is 13.9. The molecular formula is C27H19N3O5S. The lowest BCUT2D eigenvalue weighted by Gasteiger charge is -2.27. The van der Waals surface area contributed by atoms with Crippen LogP contribution in [0.1, 0.15) is 27.0 Å². The zero-order chi connectivity index (χ0) is 24.8. The summed E-state index contributed by atoms with van der Waals surface area (Å²) in [7, 11) is 0. The number of fused-ring (bicyclic) bond motifs is 1. The van der Waals surface area contributed by atoms with E-state index in [1.54, 1.807) is 49.6 Å². The fourth-order valence-electron chi connectivity index (χ4n) is 4.43. The van der Waals surface area contributed by atoms with Crippen molar-refractivity contribution in [3.8, 4) is 22.1 Å². The minimum Gasteiger partial charge on any atom is -0.503 e. The van der Waals surface area contributed by atoms with Crippen LogP contribution in [-0.2, 0) is 4.79 Å². The Morgan fingerprint density at radius 2 is 1.81 bits per heavy atom. The molecule has 0 saturated heterocycles. The fourth-order valence-corrected chi connectivity index (χ4v) is 5.46. The molecule has 1 atom stereocenters. The van der Waals surface area contributed by atoms with Gasteiger partial charge in [-0.2, -0.15) is 0 Å². The van der Waals surface area contributed by atoms with Gasteiger partial charge in [-0.1, -0.05) is 30.3 Å². The van der Waals surface area contributed by atoms with Crippen LogP contribution in [-0.4, -0.2) is 33.6 Å². The van der Waals surface area contributed by atoms with E-state index in [-0.39, 0.29) is 12.4 Å². The Morgan fingerprint density at radius 3 is 2.58 bits per heavy atom. The average Bonchev–Trinajstić information content (AvgIpc) is 3.61. The van der Waals surface area contributed by atoms with E-state index in [2.05, 4.69) is 9.97 Å². The number of aromatic nitrogens is 2. The second-order valence-electron chi connectivity index (χ2n) is 8.29. The quantitative estimate of drug-likeness (QED) is 0.386. The molecule has 2 aliphatic heterocycles. The van der Waals surface area contributed by atoms with Crippen LogP contribution in [0.15, 0.2) is 84.4 Å². The van der Waals surface area contributed by atoms with E-state index >= 15 is 0 Å². The van der Waals surface area contributed by atoms with Crippen molar-refractivity contribution in [3.05, 3.63) is 101 Å². The molecule has 4 heterocycles. The molecular weight excluding hydrogens is 478 g/mol. The van der Waals surface area contributed by atoms with E-state index in [1.807, 2.05) is 30.3 Å². The maximum atomic E-state index is 13.9. The normalized spacial score (nSPS) is 16.6. The molecule has 0 fully saturated rings. The number of benzene rings is 2. The average molecular weight is 498 g/mol. The summed E-state index contributed by atoms with van der Waals surface area (Å²) >= 11 is 1.24. The number of pyridine rings is 1. The minimum atomic E-state index is -0.866. The van der Waals surface area contributed by atoms with Crippen molar-refractivity contribution >= 4 is 28.7 Å². The largest absolute Gasteiger partial charge is 0.503 e. The smallest absolute Gasteiger partial charge is 0.294 e. The topological polar surface area (TPSA) is 102 Å². The van der Waals surface area contributed by atoms with Crippen LogP contribution < -0.4 is 14.4 Å². The zero-order valence-corrected chi connectivity index (χ0v) is 19.9. The highest BCUT2D eigenvalue weighted by molar-refractivity contribution is 7.17. The number of aliphatic hydroxyl groups excluding tert-OH is 1. The summed E-state index contributed by atoms with van der Waals surface area (Å²) in [6.45, 7) is 1.84. The monoisotopic (exact) mass is 497 g/mol. The van der Waals surface area contributed by atoms with E-state index in [9.17, 15) is 14.7 Å². The van der Waals surface area contributed by atoms with Gasteiger partial charge in [-0.05, 0) is 36.8 Å². The summed E-state index contributed by atoms with van der Waals surface area (Å²) < 4.78 is 10.9. The number of rotatable bonds is 5. The number of thiazole rings is 1. The Morgan fingerprint density at radius 1 is 1.06 bits per heavy atom. The van der Waals surface area contributed by atoms with Gasteiger partial charge in [-0.3, -0.25) is 19.5 Å². The highest BCUT2D eigenvalue weighted by Gasteiger charge is 2.45. The number of hydrogen-bond donors (Lipinski definition) is 1. The van der Waals surface area contributed by atoms with Crippen molar-refractivity contribution in [2.75, 3.05) is 11.7 Å². The Balaban J connectivity index is 1.46. The van der Waals surface area contributed by atoms with Gasteiger partial charge in [0.2, 0.25) is 12.6 Å². The standard InChI is InChI=1S/C27H19N3O5S/c1-15-25(36-26(29-15)17-5-3-2-4-6-17)23(31)21-22(16-9-11-28-12-10-16)30(27(33)24(21)32)18-7-8-19-20(13-18)35-14-34-19/h2-13,22,32H,14H2,1H3. The van der Waals surface area contributed by atoms with Gasteiger partial charge in [-0.15, -0.1) is 11.3 Å². The first-order valence-corrected chi connectivity index (χ1v) is 12.0. The van der Waals surface area contributed by atoms with E-state index in [0.29, 0.717) is 38.3 Å². The van der Waals surface area contributed by atoms with E-state index in [0.717, 1.165) is 5.56 Å². The van der Waals surface area contributed by atoms with E-state index in [4.69, 9.17) is 9.47 Å². The molecule has 2 aliphatic rings. The number of nitrogens with zero attached hydrogens (tertiary/aromatic N) is 3. The third-order valence-electron chi connectivity index (χ3n) is 6.13. The Kier molecular flexibility index (Phi) is 5.26. The molecule has 0 spiro atoms. The highest BCUT2D eigenvalue weighted by Crippen LogP contribution is 2.45. The predicted octanol–water partition coefficient (Wildman–Crippen LogP) is 5.03. The molecule has 0 saturated carbocycles. The Labute approximate surface area is 210 Å². The van der Waals surface area contributed by atoms with Gasteiger partial charge in [0.05, 0.1) is 22.2 Å². The van der Waals surface area contributed by atoms with Crippen LogP contribution in [0.2, 0.25) is 0 Å². The number of carbonyl (C=O) groups is 2. The number of aliphatic hydroxyl groups is 1. The molecule has 8 nitrogen and oxygen atoms in total. The molecule has 178 valence electrons. The summed E-state index contributed by atoms with van der Waals surface area (Å²) in [5.41, 5.74) is 2.51. The van der Waals surface area contributed by atoms with Crippen LogP contribution in [0.5, 0.6) is 11.5 Å². The number of anilines is 1. The Hall–Kier alpha value is -4.50. The number of amides is 1.